The van der Waals surface area contributed by atoms with Gasteiger partial charge in [0.15, 0.2) is 0 Å². The lowest BCUT2D eigenvalue weighted by Crippen LogP contribution is -2.38. The minimum Gasteiger partial charge on any atom is -0.481 e. The van der Waals surface area contributed by atoms with Crippen LogP contribution in [0.2, 0.25) is 0 Å². The number of hydrogen-bond donors (Lipinski definition) is 3. The molecule has 0 aliphatic rings. The van der Waals surface area contributed by atoms with Gasteiger partial charge in [0.2, 0.25) is 5.91 Å². The molecule has 6 nitrogen and oxygen atoms in total. The highest BCUT2D eigenvalue weighted by atomic mass is 16.5. The number of aliphatic carboxylic acids is 2. The lowest BCUT2D eigenvalue weighted by Gasteiger charge is -2.21. The molecule has 2 aromatic rings. The number of carboxylic acids is 2. The first-order chi connectivity index (χ1) is 13.3. The highest BCUT2D eigenvalue weighted by Gasteiger charge is 2.20. The second-order valence-electron chi connectivity index (χ2n) is 6.90. The van der Waals surface area contributed by atoms with Crippen molar-refractivity contribution in [2.45, 2.75) is 38.6 Å². The minimum atomic E-state index is -1.04. The fourth-order valence-electron chi connectivity index (χ4n) is 2.99. The quantitative estimate of drug-likeness (QED) is 0.543. The Morgan fingerprint density at radius 3 is 2.07 bits per heavy atom. The van der Waals surface area contributed by atoms with E-state index in [1.807, 2.05) is 54.6 Å². The van der Waals surface area contributed by atoms with Crippen LogP contribution in [0.15, 0.2) is 54.6 Å². The molecule has 2 atom stereocenters. The zero-order valence-corrected chi connectivity index (χ0v) is 15.8. The van der Waals surface area contributed by atoms with Gasteiger partial charge in [-0.1, -0.05) is 61.5 Å². The van der Waals surface area contributed by atoms with Crippen molar-refractivity contribution in [1.82, 2.24) is 5.32 Å². The molecule has 28 heavy (non-hydrogen) atoms. The van der Waals surface area contributed by atoms with Crippen molar-refractivity contribution in [3.05, 3.63) is 60.2 Å². The van der Waals surface area contributed by atoms with Gasteiger partial charge in [0, 0.05) is 12.5 Å². The molecule has 0 heterocycles. The molecule has 0 saturated heterocycles. The number of nitrogens with one attached hydrogen (secondary N) is 1. The lowest BCUT2D eigenvalue weighted by atomic mass is 9.95. The predicted molar refractivity (Wildman–Crippen MR) is 106 cm³/mol. The van der Waals surface area contributed by atoms with E-state index in [-0.39, 0.29) is 31.2 Å². The van der Waals surface area contributed by atoms with Crippen LogP contribution in [-0.4, -0.2) is 34.1 Å². The average Bonchev–Trinajstić information content (AvgIpc) is 2.67. The van der Waals surface area contributed by atoms with E-state index in [1.54, 1.807) is 6.92 Å². The largest absolute Gasteiger partial charge is 0.481 e. The second-order valence-corrected chi connectivity index (χ2v) is 6.90. The van der Waals surface area contributed by atoms with Gasteiger partial charge in [-0.3, -0.25) is 14.4 Å². The average molecular weight is 387 g/mol. The molecule has 0 saturated carbocycles. The number of carbonyl (C=O) groups excluding carboxylic acids is 1. The zero-order chi connectivity index (χ0) is 20.5. The molecule has 0 aliphatic heterocycles. The standard InChI is InChI=1S/C22H25NO5/c1-15(22(27)28)13-19(23-20(24)11-12-21(25)26)14-16-7-9-18(10-8-16)17-5-3-2-4-6-17/h2-10,15,19H,11-14H2,1H3,(H,23,24)(H,25,26)(H,27,28)/t15-,19+/m1/s1/i11+1,12+1,20+1,21+1. The molecule has 3 N–H and O–H groups in total. The van der Waals surface area contributed by atoms with Crippen LogP contribution in [0.25, 0.3) is 11.1 Å². The molecule has 0 radical (unpaired) electrons. The Labute approximate surface area is 164 Å². The number of carbonyl (C=O) groups is 3. The normalized spacial score (nSPS) is 12.8. The molecule has 0 fully saturated rings. The van der Waals surface area contributed by atoms with Crippen molar-refractivity contribution in [2.24, 2.45) is 5.92 Å². The third-order valence-corrected chi connectivity index (χ3v) is 4.53. The summed E-state index contributed by atoms with van der Waals surface area (Å²) in [6, 6.07) is 17.5. The van der Waals surface area contributed by atoms with E-state index >= 15 is 0 Å². The minimum absolute atomic E-state index is 0.125. The maximum absolute atomic E-state index is 12.0. The molecule has 0 aliphatic carbocycles. The van der Waals surface area contributed by atoms with Crippen molar-refractivity contribution in [2.75, 3.05) is 0 Å². The predicted octanol–water partition coefficient (Wildman–Crippen LogP) is 3.36. The van der Waals surface area contributed by atoms with Crippen LogP contribution in [0.1, 0.15) is 31.7 Å². The third-order valence-electron chi connectivity index (χ3n) is 4.53. The SMILES string of the molecule is C[C@H](C[C@@H](Cc1ccc(-c2ccccc2)cc1)N[13C](=O)[13CH2][13CH2][13C](=O)O)C(=O)O. The zero-order valence-electron chi connectivity index (χ0n) is 15.8. The Balaban J connectivity index is 2.06. The fraction of sp³-hybridized carbons (Fsp3) is 0.318. The summed E-state index contributed by atoms with van der Waals surface area (Å²) in [6.45, 7) is 1.59. The summed E-state index contributed by atoms with van der Waals surface area (Å²) in [6.07, 6.45) is 0.374. The van der Waals surface area contributed by atoms with Crippen molar-refractivity contribution in [3.63, 3.8) is 0 Å². The first-order valence-corrected chi connectivity index (χ1v) is 9.23. The molecule has 6 heteroatoms. The molecule has 0 spiro atoms. The number of carboxylic acid groups (broad SMARTS) is 2. The van der Waals surface area contributed by atoms with Gasteiger partial charge in [-0.15, -0.1) is 0 Å². The number of benzene rings is 2. The highest BCUT2D eigenvalue weighted by Crippen LogP contribution is 2.20. The van der Waals surface area contributed by atoms with Crippen LogP contribution < -0.4 is 5.32 Å². The number of amides is 1. The van der Waals surface area contributed by atoms with E-state index in [0.29, 0.717) is 6.42 Å². The fourth-order valence-corrected chi connectivity index (χ4v) is 2.99. The maximum atomic E-state index is 12.0. The van der Waals surface area contributed by atoms with E-state index in [9.17, 15) is 19.5 Å². The third kappa shape index (κ3) is 6.87. The maximum Gasteiger partial charge on any atom is 0.306 e. The molecule has 2 rings (SSSR count). The molecule has 0 aromatic heterocycles. The van der Waals surface area contributed by atoms with Crippen LogP contribution in [0.3, 0.4) is 0 Å². The first-order valence-electron chi connectivity index (χ1n) is 9.23. The summed E-state index contributed by atoms with van der Waals surface area (Å²) in [5.41, 5.74) is 3.15. The van der Waals surface area contributed by atoms with E-state index in [1.165, 1.54) is 0 Å². The molecule has 0 bridgehead atoms. The van der Waals surface area contributed by atoms with Crippen molar-refractivity contribution >= 4 is 17.8 Å². The van der Waals surface area contributed by atoms with E-state index in [0.717, 1.165) is 16.7 Å². The molecular weight excluding hydrogens is 362 g/mol. The van der Waals surface area contributed by atoms with Gasteiger partial charge in [-0.2, -0.15) is 0 Å². The molecular formula is C22H25NO5. The van der Waals surface area contributed by atoms with Gasteiger partial charge >= 0.3 is 11.9 Å². The highest BCUT2D eigenvalue weighted by molar-refractivity contribution is 5.81. The summed E-state index contributed by atoms with van der Waals surface area (Å²) in [7, 11) is 0. The van der Waals surface area contributed by atoms with Crippen molar-refractivity contribution < 1.29 is 24.6 Å². The molecule has 148 valence electrons. The van der Waals surface area contributed by atoms with Crippen LogP contribution in [-0.2, 0) is 20.8 Å². The number of hydrogen-bond acceptors (Lipinski definition) is 3. The van der Waals surface area contributed by atoms with E-state index in [4.69, 9.17) is 5.11 Å². The summed E-state index contributed by atoms with van der Waals surface area (Å²) in [5, 5.41) is 20.7. The Morgan fingerprint density at radius 1 is 0.893 bits per heavy atom. The van der Waals surface area contributed by atoms with Gasteiger partial charge in [-0.05, 0) is 29.5 Å². The van der Waals surface area contributed by atoms with Gasteiger partial charge in [0.25, 0.3) is 0 Å². The summed E-state index contributed by atoms with van der Waals surface area (Å²) in [4.78, 5) is 33.9. The first kappa shape index (κ1) is 21.2. The van der Waals surface area contributed by atoms with Crippen LogP contribution in [0, 0.1) is 5.92 Å². The topological polar surface area (TPSA) is 104 Å². The second kappa shape index (κ2) is 10.3. The van der Waals surface area contributed by atoms with Crippen LogP contribution >= 0.6 is 0 Å². The van der Waals surface area contributed by atoms with Gasteiger partial charge in [-0.25, -0.2) is 0 Å². The lowest BCUT2D eigenvalue weighted by molar-refractivity contribution is -0.141. The van der Waals surface area contributed by atoms with Gasteiger partial charge in [0.1, 0.15) is 0 Å². The molecule has 1 amide bonds. The Kier molecular flexibility index (Phi) is 7.75. The van der Waals surface area contributed by atoms with Gasteiger partial charge in [0.05, 0.1) is 12.3 Å². The summed E-state index contributed by atoms with van der Waals surface area (Å²) >= 11 is 0. The van der Waals surface area contributed by atoms with Crippen LogP contribution in [0.4, 0.5) is 0 Å². The van der Waals surface area contributed by atoms with Gasteiger partial charge < -0.3 is 15.5 Å². The number of rotatable bonds is 10. The summed E-state index contributed by atoms with van der Waals surface area (Å²) in [5.74, 6) is -2.97. The smallest absolute Gasteiger partial charge is 0.306 e. The Hall–Kier alpha value is -3.15. The van der Waals surface area contributed by atoms with Crippen molar-refractivity contribution in [3.8, 4) is 11.1 Å². The summed E-state index contributed by atoms with van der Waals surface area (Å²) < 4.78 is 0. The molecule has 2 aromatic carbocycles. The van der Waals surface area contributed by atoms with E-state index < -0.39 is 17.9 Å². The molecule has 0 unspecified atom stereocenters. The van der Waals surface area contributed by atoms with E-state index in [2.05, 4.69) is 5.32 Å². The van der Waals surface area contributed by atoms with Crippen LogP contribution in [0.5, 0.6) is 0 Å². The Morgan fingerprint density at radius 2 is 1.50 bits per heavy atom. The monoisotopic (exact) mass is 387 g/mol. The van der Waals surface area contributed by atoms with Crippen molar-refractivity contribution in [1.29, 1.82) is 0 Å². The Bertz CT molecular complexity index is 801.